The van der Waals surface area contributed by atoms with Gasteiger partial charge in [0.05, 0.1) is 4.47 Å². The molecular weight excluding hydrogens is 312 g/mol. The van der Waals surface area contributed by atoms with E-state index in [-0.39, 0.29) is 0 Å². The summed E-state index contributed by atoms with van der Waals surface area (Å²) in [5.41, 5.74) is 0. The number of hydrogen-bond acceptors (Lipinski definition) is 4. The van der Waals surface area contributed by atoms with E-state index in [9.17, 15) is 0 Å². The Morgan fingerprint density at radius 1 is 1.64 bits per heavy atom. The van der Waals surface area contributed by atoms with Crippen molar-refractivity contribution in [3.05, 3.63) is 21.7 Å². The van der Waals surface area contributed by atoms with E-state index in [2.05, 4.69) is 59.0 Å². The molecule has 4 nitrogen and oxygen atoms in total. The van der Waals surface area contributed by atoms with Gasteiger partial charge < -0.3 is 10.6 Å². The van der Waals surface area contributed by atoms with E-state index in [1.807, 2.05) is 0 Å². The fourth-order valence-corrected chi connectivity index (χ4v) is 1.33. The van der Waals surface area contributed by atoms with Crippen LogP contribution in [-0.4, -0.2) is 23.6 Å². The van der Waals surface area contributed by atoms with Crippen LogP contribution in [0.5, 0.6) is 0 Å². The lowest BCUT2D eigenvalue weighted by molar-refractivity contribution is 1.10. The molecule has 1 heterocycles. The summed E-state index contributed by atoms with van der Waals surface area (Å²) < 4.78 is 1.69. The van der Waals surface area contributed by atoms with Crippen molar-refractivity contribution in [1.29, 1.82) is 0 Å². The maximum Gasteiger partial charge on any atom is 0.224 e. The van der Waals surface area contributed by atoms with Gasteiger partial charge in [0.1, 0.15) is 5.82 Å². The van der Waals surface area contributed by atoms with Gasteiger partial charge in [0.2, 0.25) is 5.95 Å². The molecule has 0 aliphatic rings. The number of aromatic nitrogens is 2. The second kappa shape index (κ2) is 5.31. The second-order valence-electron chi connectivity index (χ2n) is 2.51. The van der Waals surface area contributed by atoms with E-state index in [0.717, 1.165) is 14.8 Å². The van der Waals surface area contributed by atoms with Crippen molar-refractivity contribution >= 4 is 43.6 Å². The maximum atomic E-state index is 4.22. The van der Waals surface area contributed by atoms with Crippen molar-refractivity contribution in [2.45, 2.75) is 0 Å². The van der Waals surface area contributed by atoms with Gasteiger partial charge >= 0.3 is 0 Å². The van der Waals surface area contributed by atoms with Gasteiger partial charge in [0.15, 0.2) is 0 Å². The van der Waals surface area contributed by atoms with E-state index in [1.54, 1.807) is 13.2 Å². The number of rotatable bonds is 4. The van der Waals surface area contributed by atoms with E-state index in [4.69, 9.17) is 0 Å². The zero-order valence-corrected chi connectivity index (χ0v) is 10.8. The van der Waals surface area contributed by atoms with Crippen LogP contribution in [0, 0.1) is 0 Å². The highest BCUT2D eigenvalue weighted by Crippen LogP contribution is 2.19. The van der Waals surface area contributed by atoms with Crippen molar-refractivity contribution in [3.8, 4) is 0 Å². The molecule has 0 spiro atoms. The van der Waals surface area contributed by atoms with Gasteiger partial charge in [-0.1, -0.05) is 22.5 Å². The van der Waals surface area contributed by atoms with E-state index in [0.29, 0.717) is 12.5 Å². The van der Waals surface area contributed by atoms with Gasteiger partial charge in [-0.25, -0.2) is 4.98 Å². The van der Waals surface area contributed by atoms with Gasteiger partial charge in [0.25, 0.3) is 0 Å². The highest BCUT2D eigenvalue weighted by atomic mass is 79.9. The molecule has 0 aromatic carbocycles. The SMILES string of the molecule is C=C(Br)CNc1ncc(Br)c(NC)n1. The van der Waals surface area contributed by atoms with Crippen LogP contribution < -0.4 is 10.6 Å². The molecule has 76 valence electrons. The van der Waals surface area contributed by atoms with Crippen molar-refractivity contribution in [2.24, 2.45) is 0 Å². The largest absolute Gasteiger partial charge is 0.372 e. The van der Waals surface area contributed by atoms with Gasteiger partial charge in [-0.3, -0.25) is 0 Å². The number of halogens is 2. The van der Waals surface area contributed by atoms with Crippen molar-refractivity contribution in [1.82, 2.24) is 9.97 Å². The summed E-state index contributed by atoms with van der Waals surface area (Å²) in [6.07, 6.45) is 1.69. The first-order valence-electron chi connectivity index (χ1n) is 3.91. The molecule has 1 aromatic rings. The quantitative estimate of drug-likeness (QED) is 0.895. The molecule has 0 saturated carbocycles. The van der Waals surface area contributed by atoms with Crippen LogP contribution >= 0.6 is 31.9 Å². The summed E-state index contributed by atoms with van der Waals surface area (Å²) in [5, 5.41) is 5.97. The molecular formula is C8H10Br2N4. The van der Waals surface area contributed by atoms with Crippen molar-refractivity contribution in [2.75, 3.05) is 24.2 Å². The second-order valence-corrected chi connectivity index (χ2v) is 4.49. The summed E-state index contributed by atoms with van der Waals surface area (Å²) in [6.45, 7) is 4.31. The van der Waals surface area contributed by atoms with Crippen LogP contribution in [-0.2, 0) is 0 Å². The number of hydrogen-bond donors (Lipinski definition) is 2. The Hall–Kier alpha value is -0.620. The van der Waals surface area contributed by atoms with Crippen LogP contribution in [0.1, 0.15) is 0 Å². The predicted octanol–water partition coefficient (Wildman–Crippen LogP) is 2.60. The molecule has 0 amide bonds. The first-order chi connectivity index (χ1) is 6.63. The number of anilines is 2. The summed E-state index contributed by atoms with van der Waals surface area (Å²) >= 11 is 6.57. The van der Waals surface area contributed by atoms with Gasteiger partial charge in [0, 0.05) is 24.3 Å². The fraction of sp³-hybridized carbons (Fsp3) is 0.250. The third-order valence-corrected chi connectivity index (χ3v) is 2.28. The molecule has 1 aromatic heterocycles. The summed E-state index contributed by atoms with van der Waals surface area (Å²) in [7, 11) is 1.81. The van der Waals surface area contributed by atoms with E-state index < -0.39 is 0 Å². The lowest BCUT2D eigenvalue weighted by Gasteiger charge is -2.06. The molecule has 0 unspecified atom stereocenters. The van der Waals surface area contributed by atoms with Crippen LogP contribution in [0.2, 0.25) is 0 Å². The molecule has 0 saturated heterocycles. The Morgan fingerprint density at radius 2 is 2.36 bits per heavy atom. The highest BCUT2D eigenvalue weighted by molar-refractivity contribution is 9.11. The van der Waals surface area contributed by atoms with Gasteiger partial charge in [-0.05, 0) is 15.9 Å². The Bertz CT molecular complexity index is 340. The minimum absolute atomic E-state index is 0.568. The van der Waals surface area contributed by atoms with E-state index >= 15 is 0 Å². The molecule has 1 rings (SSSR count). The van der Waals surface area contributed by atoms with Crippen LogP contribution in [0.15, 0.2) is 21.7 Å². The predicted molar refractivity (Wildman–Crippen MR) is 65.8 cm³/mol. The monoisotopic (exact) mass is 320 g/mol. The minimum atomic E-state index is 0.568. The summed E-state index contributed by atoms with van der Waals surface area (Å²) in [4.78, 5) is 8.31. The molecule has 0 bridgehead atoms. The molecule has 14 heavy (non-hydrogen) atoms. The minimum Gasteiger partial charge on any atom is -0.372 e. The lowest BCUT2D eigenvalue weighted by Crippen LogP contribution is -2.06. The number of nitrogens with one attached hydrogen (secondary N) is 2. The molecule has 0 fully saturated rings. The van der Waals surface area contributed by atoms with Gasteiger partial charge in [-0.2, -0.15) is 4.98 Å². The zero-order valence-electron chi connectivity index (χ0n) is 7.64. The first-order valence-corrected chi connectivity index (χ1v) is 5.49. The molecule has 6 heteroatoms. The Morgan fingerprint density at radius 3 is 2.93 bits per heavy atom. The highest BCUT2D eigenvalue weighted by Gasteiger charge is 2.02. The standard InChI is InChI=1S/C8H10Br2N4/c1-5(9)3-12-8-13-4-6(10)7(11-2)14-8/h4H,1,3H2,2H3,(H2,11,12,13,14). The first kappa shape index (κ1) is 11.5. The zero-order chi connectivity index (χ0) is 10.6. The topological polar surface area (TPSA) is 49.8 Å². The van der Waals surface area contributed by atoms with Crippen LogP contribution in [0.3, 0.4) is 0 Å². The van der Waals surface area contributed by atoms with Gasteiger partial charge in [-0.15, -0.1) is 0 Å². The summed E-state index contributed by atoms with van der Waals surface area (Å²) in [5.74, 6) is 1.32. The number of nitrogens with zero attached hydrogens (tertiary/aromatic N) is 2. The molecule has 2 N–H and O–H groups in total. The van der Waals surface area contributed by atoms with Crippen molar-refractivity contribution < 1.29 is 0 Å². The van der Waals surface area contributed by atoms with Crippen molar-refractivity contribution in [3.63, 3.8) is 0 Å². The third-order valence-electron chi connectivity index (χ3n) is 1.42. The molecule has 0 aliphatic carbocycles. The Labute approximate surface area is 99.5 Å². The lowest BCUT2D eigenvalue weighted by atomic mass is 10.5. The normalized spacial score (nSPS) is 9.64. The third kappa shape index (κ3) is 3.26. The maximum absolute atomic E-state index is 4.22. The molecule has 0 atom stereocenters. The molecule has 0 aliphatic heterocycles. The fourth-order valence-electron chi connectivity index (χ4n) is 0.803. The van der Waals surface area contributed by atoms with Crippen LogP contribution in [0.4, 0.5) is 11.8 Å². The average molecular weight is 322 g/mol. The van der Waals surface area contributed by atoms with E-state index in [1.165, 1.54) is 0 Å². The summed E-state index contributed by atoms with van der Waals surface area (Å²) in [6, 6.07) is 0. The Kier molecular flexibility index (Phi) is 4.34. The van der Waals surface area contributed by atoms with Crippen LogP contribution in [0.25, 0.3) is 0 Å². The Balaban J connectivity index is 2.74. The average Bonchev–Trinajstić information content (AvgIpc) is 2.16. The smallest absolute Gasteiger partial charge is 0.224 e. The molecule has 0 radical (unpaired) electrons.